The van der Waals surface area contributed by atoms with Gasteiger partial charge in [0.15, 0.2) is 0 Å². The molecule has 0 radical (unpaired) electrons. The molecule has 1 heterocycles. The molecule has 0 fully saturated rings. The highest BCUT2D eigenvalue weighted by Crippen LogP contribution is 2.08. The van der Waals surface area contributed by atoms with E-state index >= 15 is 0 Å². The van der Waals surface area contributed by atoms with Gasteiger partial charge in [0, 0.05) is 13.1 Å². The minimum Gasteiger partial charge on any atom is -0.285 e. The molecule has 0 saturated carbocycles. The number of benzene rings is 1. The molecule has 0 atom stereocenters. The number of aryl methyl sites for hydroxylation is 1. The van der Waals surface area contributed by atoms with Crippen LogP contribution in [0, 0.1) is 11.6 Å². The van der Waals surface area contributed by atoms with Crippen LogP contribution in [-0.4, -0.2) is 14.3 Å². The number of nitrogens with zero attached hydrogens (tertiary/aromatic N) is 3. The fraction of sp³-hybridized carbons (Fsp3) is 0.200. The maximum atomic E-state index is 12.9. The molecule has 2 aromatic rings. The van der Waals surface area contributed by atoms with Gasteiger partial charge in [-0.15, -0.1) is 0 Å². The minimum atomic E-state index is -0.668. The van der Waals surface area contributed by atoms with E-state index in [2.05, 4.69) is 5.10 Å². The second kappa shape index (κ2) is 3.88. The van der Waals surface area contributed by atoms with Crippen LogP contribution in [0.4, 0.5) is 8.78 Å². The van der Waals surface area contributed by atoms with Gasteiger partial charge in [-0.2, -0.15) is 5.10 Å². The molecule has 0 spiro atoms. The smallest absolute Gasteiger partial charge is 0.285 e. The predicted octanol–water partition coefficient (Wildman–Crippen LogP) is 0.908. The molecule has 0 aliphatic heterocycles. The zero-order chi connectivity index (χ0) is 11.7. The van der Waals surface area contributed by atoms with Crippen molar-refractivity contribution in [1.29, 1.82) is 0 Å². The van der Waals surface area contributed by atoms with Crippen LogP contribution in [0.25, 0.3) is 0 Å². The average molecular weight is 225 g/mol. The van der Waals surface area contributed by atoms with Crippen molar-refractivity contribution in [2.45, 2.75) is 6.54 Å². The van der Waals surface area contributed by atoms with Crippen molar-refractivity contribution < 1.29 is 8.78 Å². The Hall–Kier alpha value is -1.98. The molecule has 0 aliphatic carbocycles. The molecule has 4 nitrogen and oxygen atoms in total. The van der Waals surface area contributed by atoms with Gasteiger partial charge in [0.05, 0.1) is 6.54 Å². The first-order valence-corrected chi connectivity index (χ1v) is 4.59. The van der Waals surface area contributed by atoms with Gasteiger partial charge < -0.3 is 0 Å². The lowest BCUT2D eigenvalue weighted by Gasteiger charge is -2.01. The predicted molar refractivity (Wildman–Crippen MR) is 52.9 cm³/mol. The maximum Gasteiger partial charge on any atom is 0.345 e. The van der Waals surface area contributed by atoms with Crippen LogP contribution in [-0.2, 0) is 13.6 Å². The molecule has 2 rings (SSSR count). The lowest BCUT2D eigenvalue weighted by molar-refractivity contribution is 0.571. The number of halogens is 2. The Bertz CT molecular complexity index is 553. The topological polar surface area (TPSA) is 39.8 Å². The van der Waals surface area contributed by atoms with Gasteiger partial charge in [-0.25, -0.2) is 18.3 Å². The standard InChI is InChI=1S/C10H9F2N3O/c1-14-6-13-15(10(14)16)5-7-2-8(11)4-9(12)3-7/h2-4,6H,5H2,1H3. The van der Waals surface area contributed by atoms with Crippen molar-refractivity contribution in [3.05, 3.63) is 52.2 Å². The fourth-order valence-electron chi connectivity index (χ4n) is 1.40. The van der Waals surface area contributed by atoms with Gasteiger partial charge in [0.1, 0.15) is 18.0 Å². The van der Waals surface area contributed by atoms with Crippen molar-refractivity contribution in [3.63, 3.8) is 0 Å². The molecule has 84 valence electrons. The van der Waals surface area contributed by atoms with E-state index in [4.69, 9.17) is 0 Å². The third kappa shape index (κ3) is 2.00. The second-order valence-electron chi connectivity index (χ2n) is 3.46. The van der Waals surface area contributed by atoms with Crippen molar-refractivity contribution in [1.82, 2.24) is 14.3 Å². The average Bonchev–Trinajstić information content (AvgIpc) is 2.48. The molecule has 1 aromatic carbocycles. The summed E-state index contributed by atoms with van der Waals surface area (Å²) in [5.74, 6) is -1.34. The Morgan fingerprint density at radius 1 is 1.25 bits per heavy atom. The summed E-state index contributed by atoms with van der Waals surface area (Å²) < 4.78 is 28.2. The highest BCUT2D eigenvalue weighted by molar-refractivity contribution is 5.17. The summed E-state index contributed by atoms with van der Waals surface area (Å²) in [5.41, 5.74) is 0.0305. The molecule has 0 N–H and O–H groups in total. The van der Waals surface area contributed by atoms with Gasteiger partial charge in [0.25, 0.3) is 0 Å². The zero-order valence-electron chi connectivity index (χ0n) is 8.52. The Morgan fingerprint density at radius 2 is 1.88 bits per heavy atom. The van der Waals surface area contributed by atoms with Crippen LogP contribution in [0.3, 0.4) is 0 Å². The van der Waals surface area contributed by atoms with E-state index in [1.165, 1.54) is 23.0 Å². The van der Waals surface area contributed by atoms with Gasteiger partial charge in [-0.1, -0.05) is 0 Å². The largest absolute Gasteiger partial charge is 0.345 e. The van der Waals surface area contributed by atoms with Crippen molar-refractivity contribution in [2.24, 2.45) is 7.05 Å². The van der Waals surface area contributed by atoms with E-state index in [1.807, 2.05) is 0 Å². The number of hydrogen-bond acceptors (Lipinski definition) is 2. The minimum absolute atomic E-state index is 0.0500. The van der Waals surface area contributed by atoms with Crippen LogP contribution >= 0.6 is 0 Å². The van der Waals surface area contributed by atoms with Crippen LogP contribution in [0.2, 0.25) is 0 Å². The Morgan fingerprint density at radius 3 is 2.38 bits per heavy atom. The number of hydrogen-bond donors (Lipinski definition) is 0. The first-order valence-electron chi connectivity index (χ1n) is 4.59. The molecule has 1 aromatic heterocycles. The van der Waals surface area contributed by atoms with Gasteiger partial charge in [-0.05, 0) is 17.7 Å². The lowest BCUT2D eigenvalue weighted by Crippen LogP contribution is -2.23. The fourth-order valence-corrected chi connectivity index (χ4v) is 1.40. The molecular weight excluding hydrogens is 216 g/mol. The summed E-state index contributed by atoms with van der Waals surface area (Å²) in [6.45, 7) is 0.0500. The Kier molecular flexibility index (Phi) is 2.55. The third-order valence-electron chi connectivity index (χ3n) is 2.14. The van der Waals surface area contributed by atoms with E-state index in [0.717, 1.165) is 10.7 Å². The maximum absolute atomic E-state index is 12.9. The SMILES string of the molecule is Cn1cnn(Cc2cc(F)cc(F)c2)c1=O. The molecule has 0 aliphatic rings. The van der Waals surface area contributed by atoms with E-state index in [1.54, 1.807) is 7.05 Å². The van der Waals surface area contributed by atoms with E-state index in [0.29, 0.717) is 5.56 Å². The Labute approximate surface area is 89.7 Å². The van der Waals surface area contributed by atoms with Gasteiger partial charge in [-0.3, -0.25) is 4.57 Å². The summed E-state index contributed by atoms with van der Waals surface area (Å²) in [6, 6.07) is 3.12. The van der Waals surface area contributed by atoms with Crippen molar-refractivity contribution >= 4 is 0 Å². The quantitative estimate of drug-likeness (QED) is 0.762. The second-order valence-corrected chi connectivity index (χ2v) is 3.46. The van der Waals surface area contributed by atoms with Crippen LogP contribution in [0.15, 0.2) is 29.3 Å². The lowest BCUT2D eigenvalue weighted by atomic mass is 10.2. The van der Waals surface area contributed by atoms with E-state index in [-0.39, 0.29) is 12.2 Å². The summed E-state index contributed by atoms with van der Waals surface area (Å²) in [7, 11) is 1.55. The van der Waals surface area contributed by atoms with Gasteiger partial charge >= 0.3 is 5.69 Å². The van der Waals surface area contributed by atoms with Crippen LogP contribution < -0.4 is 5.69 Å². The molecule has 6 heteroatoms. The molecule has 0 unspecified atom stereocenters. The first kappa shape index (κ1) is 10.5. The molecule has 0 amide bonds. The summed E-state index contributed by atoms with van der Waals surface area (Å²) in [5, 5.41) is 3.79. The first-order chi connectivity index (χ1) is 7.56. The third-order valence-corrected chi connectivity index (χ3v) is 2.14. The van der Waals surface area contributed by atoms with Crippen molar-refractivity contribution in [3.8, 4) is 0 Å². The van der Waals surface area contributed by atoms with Crippen LogP contribution in [0.1, 0.15) is 5.56 Å². The summed E-state index contributed by atoms with van der Waals surface area (Å²) in [6.07, 6.45) is 1.35. The van der Waals surface area contributed by atoms with E-state index < -0.39 is 11.6 Å². The highest BCUT2D eigenvalue weighted by atomic mass is 19.1. The number of aromatic nitrogens is 3. The molecule has 0 bridgehead atoms. The van der Waals surface area contributed by atoms with Gasteiger partial charge in [0.2, 0.25) is 0 Å². The molecule has 16 heavy (non-hydrogen) atoms. The van der Waals surface area contributed by atoms with E-state index in [9.17, 15) is 13.6 Å². The van der Waals surface area contributed by atoms with Crippen molar-refractivity contribution in [2.75, 3.05) is 0 Å². The monoisotopic (exact) mass is 225 g/mol. The highest BCUT2D eigenvalue weighted by Gasteiger charge is 2.05. The zero-order valence-corrected chi connectivity index (χ0v) is 8.52. The molecular formula is C10H9F2N3O. The van der Waals surface area contributed by atoms with Crippen LogP contribution in [0.5, 0.6) is 0 Å². The summed E-state index contributed by atoms with van der Waals surface area (Å²) in [4.78, 5) is 11.4. The summed E-state index contributed by atoms with van der Waals surface area (Å²) >= 11 is 0. The normalized spacial score (nSPS) is 10.7. The Balaban J connectivity index is 2.34. The molecule has 0 saturated heterocycles. The number of rotatable bonds is 2.